The molecule has 1 heterocycles. The normalized spacial score (nSPS) is 10.5. The molecule has 0 unspecified atom stereocenters. The Hall–Kier alpha value is -0.510. The van der Waals surface area contributed by atoms with Crippen LogP contribution in [-0.2, 0) is 10.7 Å². The molecule has 0 saturated carbocycles. The van der Waals surface area contributed by atoms with Gasteiger partial charge < -0.3 is 0 Å². The molecule has 0 spiro atoms. The van der Waals surface area contributed by atoms with E-state index in [2.05, 4.69) is 63.8 Å². The fourth-order valence-electron chi connectivity index (χ4n) is 1.45. The number of benzene rings is 1. The summed E-state index contributed by atoms with van der Waals surface area (Å²) in [6.07, 6.45) is 0. The number of fused-ring (bicyclic) bond motifs is 1. The molecule has 86 valence electrons. The van der Waals surface area contributed by atoms with Crippen LogP contribution in [0.15, 0.2) is 16.6 Å². The van der Waals surface area contributed by atoms with Crippen LogP contribution in [0.5, 0.6) is 0 Å². The molecule has 0 fully saturated rings. The van der Waals surface area contributed by atoms with E-state index in [0.29, 0.717) is 16.2 Å². The molecule has 2 rings (SSSR count). The van der Waals surface area contributed by atoms with Crippen LogP contribution < -0.4 is 0 Å². The van der Waals surface area contributed by atoms with Crippen molar-refractivity contribution < 1.29 is 0 Å². The van der Waals surface area contributed by atoms with Crippen LogP contribution in [0.4, 0.5) is 0 Å². The number of hydrogen-bond donors (Lipinski definition) is 0. The summed E-state index contributed by atoms with van der Waals surface area (Å²) in [5.41, 5.74) is 3.89. The molecule has 1 aromatic heterocycles. The molecule has 17 heavy (non-hydrogen) atoms. The van der Waals surface area contributed by atoms with E-state index in [1.54, 1.807) is 6.07 Å². The van der Waals surface area contributed by atoms with Crippen molar-refractivity contribution in [2.75, 3.05) is 0 Å². The Bertz CT molecular complexity index is 619. The Balaban J connectivity index is 2.75. The van der Waals surface area contributed by atoms with Gasteiger partial charge in [0.2, 0.25) is 0 Å². The minimum atomic E-state index is 0.568. The Morgan fingerprint density at radius 2 is 1.59 bits per heavy atom. The monoisotopic (exact) mass is 417 g/mol. The fourth-order valence-corrected chi connectivity index (χ4v) is 2.77. The maximum absolute atomic E-state index is 8.96. The van der Waals surface area contributed by atoms with Crippen molar-refractivity contribution in [1.29, 1.82) is 5.26 Å². The highest BCUT2D eigenvalue weighted by molar-refractivity contribution is 9.10. The highest BCUT2D eigenvalue weighted by Crippen LogP contribution is 2.24. The number of alkyl halides is 2. The average Bonchev–Trinajstić information content (AvgIpc) is 2.36. The number of rotatable bonds is 2. The zero-order chi connectivity index (χ0) is 12.4. The molecule has 2 aromatic rings. The second-order valence-electron chi connectivity index (χ2n) is 3.32. The Morgan fingerprint density at radius 1 is 1.06 bits per heavy atom. The van der Waals surface area contributed by atoms with Gasteiger partial charge in [0.05, 0.1) is 28.0 Å². The van der Waals surface area contributed by atoms with Crippen LogP contribution in [0.2, 0.25) is 0 Å². The quantitative estimate of drug-likeness (QED) is 0.690. The highest BCUT2D eigenvalue weighted by atomic mass is 79.9. The lowest BCUT2D eigenvalue weighted by atomic mass is 10.2. The summed E-state index contributed by atoms with van der Waals surface area (Å²) in [4.78, 5) is 9.02. The van der Waals surface area contributed by atoms with E-state index < -0.39 is 0 Å². The summed E-state index contributed by atoms with van der Waals surface area (Å²) >= 11 is 10.1. The molecule has 0 aliphatic heterocycles. The molecular weight excluding hydrogens is 414 g/mol. The summed E-state index contributed by atoms with van der Waals surface area (Å²) in [7, 11) is 0. The van der Waals surface area contributed by atoms with Crippen LogP contribution >= 0.6 is 47.8 Å². The molecule has 0 saturated heterocycles. The number of aromatic nitrogens is 2. The maximum Gasteiger partial charge on any atom is 0.100 e. The van der Waals surface area contributed by atoms with Crippen LogP contribution in [0.25, 0.3) is 11.0 Å². The molecule has 0 atom stereocenters. The zero-order valence-corrected chi connectivity index (χ0v) is 13.3. The first-order valence-corrected chi connectivity index (χ1v) is 7.74. The van der Waals surface area contributed by atoms with Crippen molar-refractivity contribution in [2.24, 2.45) is 0 Å². The van der Waals surface area contributed by atoms with Crippen LogP contribution in [0.1, 0.15) is 17.0 Å². The first kappa shape index (κ1) is 12.9. The minimum Gasteiger partial charge on any atom is -0.248 e. The number of nitrogens with zero attached hydrogens (tertiary/aromatic N) is 3. The van der Waals surface area contributed by atoms with E-state index in [1.807, 2.05) is 6.07 Å². The zero-order valence-electron chi connectivity index (χ0n) is 8.54. The van der Waals surface area contributed by atoms with Crippen molar-refractivity contribution >= 4 is 58.8 Å². The molecule has 3 nitrogen and oxygen atoms in total. The van der Waals surface area contributed by atoms with E-state index in [9.17, 15) is 0 Å². The Kier molecular flexibility index (Phi) is 4.13. The highest BCUT2D eigenvalue weighted by Gasteiger charge is 2.09. The van der Waals surface area contributed by atoms with Crippen molar-refractivity contribution in [3.63, 3.8) is 0 Å². The van der Waals surface area contributed by atoms with Crippen molar-refractivity contribution in [3.8, 4) is 6.07 Å². The van der Waals surface area contributed by atoms with Crippen molar-refractivity contribution in [2.45, 2.75) is 10.7 Å². The van der Waals surface area contributed by atoms with Crippen molar-refractivity contribution in [1.82, 2.24) is 9.97 Å². The standard InChI is InChI=1S/C11H6Br3N3/c12-3-10-11(4-13)17-9-2-7(14)6(5-15)1-8(9)16-10/h1-2H,3-4H2. The summed E-state index contributed by atoms with van der Waals surface area (Å²) in [5, 5.41) is 10.3. The number of nitriles is 1. The third kappa shape index (κ3) is 2.51. The Labute approximate surface area is 124 Å². The van der Waals surface area contributed by atoms with Gasteiger partial charge >= 0.3 is 0 Å². The van der Waals surface area contributed by atoms with Crippen molar-refractivity contribution in [3.05, 3.63) is 33.6 Å². The molecule has 0 N–H and O–H groups in total. The summed E-state index contributed by atoms with van der Waals surface area (Å²) < 4.78 is 0.744. The minimum absolute atomic E-state index is 0.568. The molecule has 1 aromatic carbocycles. The van der Waals surface area contributed by atoms with Crippen LogP contribution in [0, 0.1) is 11.3 Å². The van der Waals surface area contributed by atoms with E-state index >= 15 is 0 Å². The van der Waals surface area contributed by atoms with Gasteiger partial charge in [-0.25, -0.2) is 9.97 Å². The SMILES string of the molecule is N#Cc1cc2nc(CBr)c(CBr)nc2cc1Br. The van der Waals surface area contributed by atoms with Crippen LogP contribution in [-0.4, -0.2) is 9.97 Å². The molecule has 0 amide bonds. The lowest BCUT2D eigenvalue weighted by molar-refractivity contribution is 1.08. The topological polar surface area (TPSA) is 49.6 Å². The van der Waals surface area contributed by atoms with Gasteiger partial charge in [-0.3, -0.25) is 0 Å². The Morgan fingerprint density at radius 3 is 2.06 bits per heavy atom. The molecule has 6 heteroatoms. The fraction of sp³-hybridized carbons (Fsp3) is 0.182. The predicted molar refractivity (Wildman–Crippen MR) is 77.2 cm³/mol. The third-order valence-electron chi connectivity index (χ3n) is 2.28. The van der Waals surface area contributed by atoms with Gasteiger partial charge in [-0.1, -0.05) is 31.9 Å². The first-order valence-electron chi connectivity index (χ1n) is 4.70. The van der Waals surface area contributed by atoms with E-state index in [1.165, 1.54) is 0 Å². The lowest BCUT2D eigenvalue weighted by Crippen LogP contribution is -1.99. The van der Waals surface area contributed by atoms with E-state index in [0.717, 1.165) is 26.9 Å². The van der Waals surface area contributed by atoms with E-state index in [4.69, 9.17) is 5.26 Å². The largest absolute Gasteiger partial charge is 0.248 e. The predicted octanol–water partition coefficient (Wildman–Crippen LogP) is 4.05. The van der Waals surface area contributed by atoms with Gasteiger partial charge in [0.15, 0.2) is 0 Å². The second-order valence-corrected chi connectivity index (χ2v) is 5.29. The second kappa shape index (κ2) is 5.42. The molecule has 0 aliphatic carbocycles. The van der Waals surface area contributed by atoms with Gasteiger partial charge in [-0.2, -0.15) is 5.26 Å². The third-order valence-corrected chi connectivity index (χ3v) is 4.00. The number of halogens is 3. The molecular formula is C11H6Br3N3. The molecule has 0 radical (unpaired) electrons. The van der Waals surface area contributed by atoms with Gasteiger partial charge in [-0.05, 0) is 28.1 Å². The van der Waals surface area contributed by atoms with Gasteiger partial charge in [0, 0.05) is 15.1 Å². The smallest absolute Gasteiger partial charge is 0.100 e. The number of hydrogen-bond acceptors (Lipinski definition) is 3. The average molecular weight is 420 g/mol. The summed E-state index contributed by atoms with van der Waals surface area (Å²) in [6, 6.07) is 5.69. The van der Waals surface area contributed by atoms with Crippen LogP contribution in [0.3, 0.4) is 0 Å². The first-order chi connectivity index (χ1) is 8.19. The van der Waals surface area contributed by atoms with E-state index in [-0.39, 0.29) is 0 Å². The summed E-state index contributed by atoms with van der Waals surface area (Å²) in [6.45, 7) is 0. The molecule has 0 aliphatic rings. The lowest BCUT2D eigenvalue weighted by Gasteiger charge is -2.06. The van der Waals surface area contributed by atoms with Gasteiger partial charge in [-0.15, -0.1) is 0 Å². The maximum atomic E-state index is 8.96. The van der Waals surface area contributed by atoms with Gasteiger partial charge in [0.1, 0.15) is 6.07 Å². The van der Waals surface area contributed by atoms with Gasteiger partial charge in [0.25, 0.3) is 0 Å². The molecule has 0 bridgehead atoms. The summed E-state index contributed by atoms with van der Waals surface area (Å²) in [5.74, 6) is 0.